The Hall–Kier alpha value is -0.700. The second-order valence-corrected chi connectivity index (χ2v) is 1.27. The van der Waals surface area contributed by atoms with Crippen LogP contribution in [0.3, 0.4) is 0 Å². The van der Waals surface area contributed by atoms with Gasteiger partial charge in [0.05, 0.1) is 13.2 Å². The summed E-state index contributed by atoms with van der Waals surface area (Å²) in [4.78, 5) is 0. The van der Waals surface area contributed by atoms with Gasteiger partial charge in [-0.1, -0.05) is 0 Å². The van der Waals surface area contributed by atoms with Gasteiger partial charge < -0.3 is 16.2 Å². The van der Waals surface area contributed by atoms with Crippen LogP contribution in [0.5, 0.6) is 0 Å². The van der Waals surface area contributed by atoms with E-state index in [4.69, 9.17) is 16.2 Å². The van der Waals surface area contributed by atoms with Gasteiger partial charge in [0.15, 0.2) is 0 Å². The van der Waals surface area contributed by atoms with E-state index < -0.39 is 0 Å². The molecular weight excluding hydrogens is 104 g/mol. The molecule has 48 valence electrons. The Morgan fingerprint density at radius 3 is 2.50 bits per heavy atom. The van der Waals surface area contributed by atoms with Crippen LogP contribution in [0.4, 0.5) is 0 Å². The lowest BCUT2D eigenvalue weighted by Crippen LogP contribution is -2.08. The summed E-state index contributed by atoms with van der Waals surface area (Å²) in [5.41, 5.74) is 10.3. The minimum Gasteiger partial charge on any atom is -0.495 e. The lowest BCUT2D eigenvalue weighted by Gasteiger charge is -2.02. The van der Waals surface area contributed by atoms with Gasteiger partial charge in [-0.15, -0.1) is 0 Å². The molecule has 4 N–H and O–H groups in total. The molecule has 0 rings (SSSR count). The average molecular weight is 116 g/mol. The molecule has 0 aliphatic rings. The molecule has 0 aromatic rings. The molecule has 0 amide bonds. The first kappa shape index (κ1) is 7.30. The minimum absolute atomic E-state index is 0.379. The summed E-state index contributed by atoms with van der Waals surface area (Å²) in [5, 5.41) is 0. The molecule has 0 saturated heterocycles. The Morgan fingerprint density at radius 2 is 2.38 bits per heavy atom. The maximum atomic E-state index is 5.20. The van der Waals surface area contributed by atoms with E-state index in [-0.39, 0.29) is 0 Å². The first-order valence-electron chi connectivity index (χ1n) is 2.58. The largest absolute Gasteiger partial charge is 0.495 e. The number of hydrogen-bond acceptors (Lipinski definition) is 3. The smallest absolute Gasteiger partial charge is 0.125 e. The Labute approximate surface area is 49.3 Å². The van der Waals surface area contributed by atoms with E-state index in [2.05, 4.69) is 0 Å². The number of rotatable bonds is 3. The van der Waals surface area contributed by atoms with E-state index in [1.165, 1.54) is 6.20 Å². The van der Waals surface area contributed by atoms with Gasteiger partial charge >= 0.3 is 0 Å². The fraction of sp³-hybridized carbons (Fsp3) is 0.600. The molecule has 0 heterocycles. The van der Waals surface area contributed by atoms with Crippen LogP contribution < -0.4 is 11.5 Å². The van der Waals surface area contributed by atoms with Crippen LogP contribution in [0.1, 0.15) is 6.92 Å². The SMILES string of the molecule is CCOC(=CN)CN. The highest BCUT2D eigenvalue weighted by Crippen LogP contribution is 1.88. The Balaban J connectivity index is 3.38. The fourth-order valence-electron chi connectivity index (χ4n) is 0.360. The maximum absolute atomic E-state index is 5.20. The normalized spacial score (nSPS) is 11.5. The summed E-state index contributed by atoms with van der Waals surface area (Å²) in [6.45, 7) is 2.89. The molecule has 8 heavy (non-hydrogen) atoms. The van der Waals surface area contributed by atoms with Gasteiger partial charge in [-0.05, 0) is 6.92 Å². The molecule has 0 bridgehead atoms. The molecular formula is C5H12N2O. The van der Waals surface area contributed by atoms with E-state index in [1.54, 1.807) is 0 Å². The van der Waals surface area contributed by atoms with Gasteiger partial charge in [-0.2, -0.15) is 0 Å². The summed E-state index contributed by atoms with van der Waals surface area (Å²) in [7, 11) is 0. The van der Waals surface area contributed by atoms with Crippen molar-refractivity contribution in [3.63, 3.8) is 0 Å². The average Bonchev–Trinajstić information content (AvgIpc) is 1.83. The van der Waals surface area contributed by atoms with Crippen LogP contribution in [0.2, 0.25) is 0 Å². The molecule has 0 radical (unpaired) electrons. The van der Waals surface area contributed by atoms with Gasteiger partial charge in [0.25, 0.3) is 0 Å². The van der Waals surface area contributed by atoms with Gasteiger partial charge in [0.2, 0.25) is 0 Å². The van der Waals surface area contributed by atoms with Crippen molar-refractivity contribution in [1.82, 2.24) is 0 Å². The van der Waals surface area contributed by atoms with Gasteiger partial charge in [0.1, 0.15) is 5.76 Å². The van der Waals surface area contributed by atoms with E-state index >= 15 is 0 Å². The summed E-state index contributed by atoms with van der Waals surface area (Å²) < 4.78 is 4.95. The second kappa shape index (κ2) is 4.46. The van der Waals surface area contributed by atoms with Gasteiger partial charge in [-0.3, -0.25) is 0 Å². The molecule has 0 aromatic heterocycles. The zero-order valence-corrected chi connectivity index (χ0v) is 5.05. The highest BCUT2D eigenvalue weighted by Gasteiger charge is 1.87. The summed E-state index contributed by atoms with van der Waals surface area (Å²) in [6.07, 6.45) is 1.38. The van der Waals surface area contributed by atoms with E-state index in [9.17, 15) is 0 Å². The molecule has 0 aliphatic carbocycles. The van der Waals surface area contributed by atoms with Crippen molar-refractivity contribution in [3.8, 4) is 0 Å². The van der Waals surface area contributed by atoms with Crippen molar-refractivity contribution in [3.05, 3.63) is 12.0 Å². The third-order valence-corrected chi connectivity index (χ3v) is 0.717. The van der Waals surface area contributed by atoms with Crippen LogP contribution in [-0.4, -0.2) is 13.2 Å². The molecule has 3 heteroatoms. The van der Waals surface area contributed by atoms with E-state index in [0.29, 0.717) is 18.9 Å². The summed E-state index contributed by atoms with van der Waals surface area (Å²) in [6, 6.07) is 0. The van der Waals surface area contributed by atoms with Crippen LogP contribution in [0.15, 0.2) is 12.0 Å². The molecule has 0 aromatic carbocycles. The first-order chi connectivity index (χ1) is 3.85. The lowest BCUT2D eigenvalue weighted by atomic mass is 10.5. The first-order valence-corrected chi connectivity index (χ1v) is 2.58. The highest BCUT2D eigenvalue weighted by molar-refractivity contribution is 4.89. The topological polar surface area (TPSA) is 61.3 Å². The van der Waals surface area contributed by atoms with Crippen LogP contribution >= 0.6 is 0 Å². The highest BCUT2D eigenvalue weighted by atomic mass is 16.5. The predicted octanol–water partition coefficient (Wildman–Crippen LogP) is -0.218. The number of hydrogen-bond donors (Lipinski definition) is 2. The van der Waals surface area contributed by atoms with Gasteiger partial charge in [-0.25, -0.2) is 0 Å². The summed E-state index contributed by atoms with van der Waals surface area (Å²) in [5.74, 6) is 0.646. The zero-order chi connectivity index (χ0) is 6.41. The standard InChI is InChI=1S/C5H12N2O/c1-2-8-5(3-6)4-7/h3H,2,4,6-7H2,1H3. The Morgan fingerprint density at radius 1 is 1.75 bits per heavy atom. The van der Waals surface area contributed by atoms with Crippen LogP contribution in [0.25, 0.3) is 0 Å². The third-order valence-electron chi connectivity index (χ3n) is 0.717. The van der Waals surface area contributed by atoms with Crippen molar-refractivity contribution >= 4 is 0 Å². The molecule has 0 fully saturated rings. The molecule has 0 aliphatic heterocycles. The fourth-order valence-corrected chi connectivity index (χ4v) is 0.360. The summed E-state index contributed by atoms with van der Waals surface area (Å²) >= 11 is 0. The van der Waals surface area contributed by atoms with Crippen molar-refractivity contribution in [2.24, 2.45) is 11.5 Å². The van der Waals surface area contributed by atoms with Crippen molar-refractivity contribution in [2.75, 3.05) is 13.2 Å². The van der Waals surface area contributed by atoms with Crippen molar-refractivity contribution in [2.45, 2.75) is 6.92 Å². The van der Waals surface area contributed by atoms with Crippen molar-refractivity contribution < 1.29 is 4.74 Å². The quantitative estimate of drug-likeness (QED) is 0.501. The Kier molecular flexibility index (Phi) is 4.07. The predicted molar refractivity (Wildman–Crippen MR) is 33.0 cm³/mol. The molecule has 0 atom stereocenters. The van der Waals surface area contributed by atoms with Crippen molar-refractivity contribution in [1.29, 1.82) is 0 Å². The lowest BCUT2D eigenvalue weighted by molar-refractivity contribution is 0.225. The maximum Gasteiger partial charge on any atom is 0.125 e. The monoisotopic (exact) mass is 116 g/mol. The number of nitrogens with two attached hydrogens (primary N) is 2. The molecule has 0 spiro atoms. The minimum atomic E-state index is 0.379. The third kappa shape index (κ3) is 2.47. The van der Waals surface area contributed by atoms with Crippen LogP contribution in [-0.2, 0) is 4.74 Å². The molecule has 3 nitrogen and oxygen atoms in total. The van der Waals surface area contributed by atoms with Crippen LogP contribution in [0, 0.1) is 0 Å². The number of ether oxygens (including phenoxy) is 1. The molecule has 0 unspecified atom stereocenters. The zero-order valence-electron chi connectivity index (χ0n) is 5.05. The molecule has 0 saturated carbocycles. The Bertz CT molecular complexity index is 80.5. The second-order valence-electron chi connectivity index (χ2n) is 1.27. The van der Waals surface area contributed by atoms with Gasteiger partial charge in [0, 0.05) is 6.20 Å². The van der Waals surface area contributed by atoms with E-state index in [0.717, 1.165) is 0 Å². The van der Waals surface area contributed by atoms with E-state index in [1.807, 2.05) is 6.92 Å².